The van der Waals surface area contributed by atoms with E-state index in [9.17, 15) is 0 Å². The Morgan fingerprint density at radius 1 is 1.00 bits per heavy atom. The van der Waals surface area contributed by atoms with Crippen LogP contribution in [-0.2, 0) is 0 Å². The third-order valence-corrected chi connectivity index (χ3v) is 4.87. The fraction of sp³-hybridized carbons (Fsp3) is 1.00. The summed E-state index contributed by atoms with van der Waals surface area (Å²) >= 11 is 0. The van der Waals surface area contributed by atoms with Crippen molar-refractivity contribution in [3.8, 4) is 0 Å². The third-order valence-electron chi connectivity index (χ3n) is 4.87. The van der Waals surface area contributed by atoms with Crippen molar-refractivity contribution in [1.29, 1.82) is 0 Å². The molecule has 16 heavy (non-hydrogen) atoms. The molecule has 0 spiro atoms. The Morgan fingerprint density at radius 3 is 2.50 bits per heavy atom. The normalized spacial score (nSPS) is 40.1. The van der Waals surface area contributed by atoms with Crippen LogP contribution < -0.4 is 5.32 Å². The lowest BCUT2D eigenvalue weighted by atomic mass is 9.81. The zero-order chi connectivity index (χ0) is 11.4. The van der Waals surface area contributed by atoms with Crippen LogP contribution in [0.1, 0.15) is 65.2 Å². The second kappa shape index (κ2) is 6.05. The van der Waals surface area contributed by atoms with Gasteiger partial charge in [-0.3, -0.25) is 0 Å². The van der Waals surface area contributed by atoms with Gasteiger partial charge in [-0.1, -0.05) is 39.5 Å². The summed E-state index contributed by atoms with van der Waals surface area (Å²) < 4.78 is 0. The summed E-state index contributed by atoms with van der Waals surface area (Å²) in [6.45, 7) is 6.11. The molecule has 2 aliphatic rings. The molecule has 0 heterocycles. The zero-order valence-electron chi connectivity index (χ0n) is 11.2. The summed E-state index contributed by atoms with van der Waals surface area (Å²) in [7, 11) is 0. The SMILES string of the molecule is CC1CCCC(CCNC2CCCC2C)C1. The second-order valence-electron chi connectivity index (χ2n) is 6.40. The summed E-state index contributed by atoms with van der Waals surface area (Å²) in [5.74, 6) is 2.93. The van der Waals surface area contributed by atoms with Gasteiger partial charge in [0.1, 0.15) is 0 Å². The van der Waals surface area contributed by atoms with E-state index in [0.717, 1.165) is 23.8 Å². The maximum atomic E-state index is 3.79. The fourth-order valence-electron chi connectivity index (χ4n) is 3.74. The van der Waals surface area contributed by atoms with E-state index in [-0.39, 0.29) is 0 Å². The Bertz CT molecular complexity index is 202. The van der Waals surface area contributed by atoms with Crippen LogP contribution in [0.15, 0.2) is 0 Å². The predicted molar refractivity (Wildman–Crippen MR) is 70.5 cm³/mol. The Labute approximate surface area is 101 Å². The van der Waals surface area contributed by atoms with Gasteiger partial charge < -0.3 is 5.32 Å². The van der Waals surface area contributed by atoms with Crippen molar-refractivity contribution in [3.63, 3.8) is 0 Å². The van der Waals surface area contributed by atoms with Gasteiger partial charge in [0.25, 0.3) is 0 Å². The quantitative estimate of drug-likeness (QED) is 0.760. The molecule has 0 saturated heterocycles. The van der Waals surface area contributed by atoms with Gasteiger partial charge in [-0.25, -0.2) is 0 Å². The highest BCUT2D eigenvalue weighted by atomic mass is 14.9. The van der Waals surface area contributed by atoms with E-state index in [4.69, 9.17) is 0 Å². The van der Waals surface area contributed by atoms with Crippen molar-refractivity contribution >= 4 is 0 Å². The Morgan fingerprint density at radius 2 is 1.81 bits per heavy atom. The summed E-state index contributed by atoms with van der Waals surface area (Å²) in [6.07, 6.45) is 11.7. The summed E-state index contributed by atoms with van der Waals surface area (Å²) in [5.41, 5.74) is 0. The van der Waals surface area contributed by atoms with Crippen molar-refractivity contribution in [3.05, 3.63) is 0 Å². The molecule has 0 aliphatic heterocycles. The molecule has 2 saturated carbocycles. The minimum absolute atomic E-state index is 0.834. The Hall–Kier alpha value is -0.0400. The van der Waals surface area contributed by atoms with Gasteiger partial charge in [-0.15, -0.1) is 0 Å². The van der Waals surface area contributed by atoms with E-state index >= 15 is 0 Å². The van der Waals surface area contributed by atoms with Crippen molar-refractivity contribution in [2.24, 2.45) is 17.8 Å². The maximum absolute atomic E-state index is 3.79. The molecule has 0 aromatic carbocycles. The number of hydrogen-bond acceptors (Lipinski definition) is 1. The minimum Gasteiger partial charge on any atom is -0.314 e. The smallest absolute Gasteiger partial charge is 0.00926 e. The molecule has 2 rings (SSSR count). The van der Waals surface area contributed by atoms with Gasteiger partial charge >= 0.3 is 0 Å². The molecular weight excluding hydrogens is 194 g/mol. The van der Waals surface area contributed by atoms with Crippen molar-refractivity contribution < 1.29 is 0 Å². The Balaban J connectivity index is 1.60. The van der Waals surface area contributed by atoms with Gasteiger partial charge in [-0.05, 0) is 50.0 Å². The van der Waals surface area contributed by atoms with E-state index in [1.807, 2.05) is 0 Å². The standard InChI is InChI=1S/C15H29N/c1-12-5-3-7-14(11-12)9-10-16-15-8-4-6-13(15)2/h12-16H,3-11H2,1-2H3. The number of nitrogens with one attached hydrogen (secondary N) is 1. The first-order valence-electron chi connectivity index (χ1n) is 7.49. The van der Waals surface area contributed by atoms with Crippen molar-refractivity contribution in [2.75, 3.05) is 6.54 Å². The van der Waals surface area contributed by atoms with E-state index in [1.165, 1.54) is 57.9 Å². The first-order valence-corrected chi connectivity index (χ1v) is 7.49. The highest BCUT2D eigenvalue weighted by Gasteiger charge is 2.23. The fourth-order valence-corrected chi connectivity index (χ4v) is 3.74. The summed E-state index contributed by atoms with van der Waals surface area (Å²) in [5, 5.41) is 3.79. The van der Waals surface area contributed by atoms with Crippen LogP contribution in [0, 0.1) is 17.8 Å². The molecule has 2 fully saturated rings. The molecule has 4 unspecified atom stereocenters. The van der Waals surface area contributed by atoms with Crippen LogP contribution in [0.5, 0.6) is 0 Å². The molecule has 1 N–H and O–H groups in total. The molecule has 94 valence electrons. The molecule has 4 atom stereocenters. The van der Waals surface area contributed by atoms with Gasteiger partial charge in [-0.2, -0.15) is 0 Å². The lowest BCUT2D eigenvalue weighted by Crippen LogP contribution is -2.33. The van der Waals surface area contributed by atoms with E-state index in [0.29, 0.717) is 0 Å². The lowest BCUT2D eigenvalue weighted by Gasteiger charge is -2.27. The number of hydrogen-bond donors (Lipinski definition) is 1. The van der Waals surface area contributed by atoms with Gasteiger partial charge in [0.05, 0.1) is 0 Å². The first-order chi connectivity index (χ1) is 7.75. The molecule has 0 aromatic rings. The predicted octanol–water partition coefficient (Wildman–Crippen LogP) is 3.98. The van der Waals surface area contributed by atoms with Crippen LogP contribution in [0.3, 0.4) is 0 Å². The van der Waals surface area contributed by atoms with Gasteiger partial charge in [0, 0.05) is 6.04 Å². The topological polar surface area (TPSA) is 12.0 Å². The number of rotatable bonds is 4. The molecule has 1 nitrogen and oxygen atoms in total. The highest BCUT2D eigenvalue weighted by Crippen LogP contribution is 2.30. The molecular formula is C15H29N. The molecule has 2 aliphatic carbocycles. The molecule has 0 amide bonds. The van der Waals surface area contributed by atoms with Gasteiger partial charge in [0.2, 0.25) is 0 Å². The van der Waals surface area contributed by atoms with Crippen LogP contribution >= 0.6 is 0 Å². The first kappa shape index (κ1) is 12.4. The maximum Gasteiger partial charge on any atom is 0.00926 e. The monoisotopic (exact) mass is 223 g/mol. The zero-order valence-corrected chi connectivity index (χ0v) is 11.2. The van der Waals surface area contributed by atoms with Crippen molar-refractivity contribution in [2.45, 2.75) is 71.3 Å². The average Bonchev–Trinajstić information content (AvgIpc) is 2.65. The van der Waals surface area contributed by atoms with E-state index in [1.54, 1.807) is 0 Å². The van der Waals surface area contributed by atoms with Crippen LogP contribution in [0.2, 0.25) is 0 Å². The van der Waals surface area contributed by atoms with Gasteiger partial charge in [0.15, 0.2) is 0 Å². The largest absolute Gasteiger partial charge is 0.314 e. The Kier molecular flexibility index (Phi) is 4.69. The van der Waals surface area contributed by atoms with Crippen LogP contribution in [0.25, 0.3) is 0 Å². The van der Waals surface area contributed by atoms with E-state index < -0.39 is 0 Å². The third kappa shape index (κ3) is 3.48. The van der Waals surface area contributed by atoms with Crippen molar-refractivity contribution in [1.82, 2.24) is 5.32 Å². The lowest BCUT2D eigenvalue weighted by molar-refractivity contribution is 0.262. The molecule has 0 radical (unpaired) electrons. The molecule has 1 heteroatoms. The molecule has 0 bridgehead atoms. The van der Waals surface area contributed by atoms with E-state index in [2.05, 4.69) is 19.2 Å². The highest BCUT2D eigenvalue weighted by molar-refractivity contribution is 4.80. The van der Waals surface area contributed by atoms with Crippen LogP contribution in [-0.4, -0.2) is 12.6 Å². The van der Waals surface area contributed by atoms with Crippen LogP contribution in [0.4, 0.5) is 0 Å². The minimum atomic E-state index is 0.834. The summed E-state index contributed by atoms with van der Waals surface area (Å²) in [4.78, 5) is 0. The molecule has 0 aromatic heterocycles. The second-order valence-corrected chi connectivity index (χ2v) is 6.40. The average molecular weight is 223 g/mol. The summed E-state index contributed by atoms with van der Waals surface area (Å²) in [6, 6.07) is 0.834.